The van der Waals surface area contributed by atoms with Crippen molar-refractivity contribution in [3.05, 3.63) is 82.8 Å². The molecule has 1 unspecified atom stereocenters. The van der Waals surface area contributed by atoms with Gasteiger partial charge in [-0.25, -0.2) is 0 Å². The highest BCUT2D eigenvalue weighted by atomic mass is 14.3. The zero-order chi connectivity index (χ0) is 16.6. The minimum absolute atomic E-state index is 0.0623. The summed E-state index contributed by atoms with van der Waals surface area (Å²) in [6.07, 6.45) is 12.8. The molecule has 0 heterocycles. The molecule has 0 aromatic heterocycles. The molecule has 1 atom stereocenters. The SMILES string of the molecule is C=C/C=c1/ccc(=C)c2c(C(C)C3(C)C=CC=C3)ccc(C)c12. The molecule has 0 aliphatic heterocycles. The van der Waals surface area contributed by atoms with Crippen molar-refractivity contribution in [2.24, 2.45) is 5.41 Å². The second kappa shape index (κ2) is 5.70. The predicted molar refractivity (Wildman–Crippen MR) is 103 cm³/mol. The van der Waals surface area contributed by atoms with Gasteiger partial charge in [0.2, 0.25) is 0 Å². The van der Waals surface area contributed by atoms with E-state index in [0.29, 0.717) is 5.92 Å². The van der Waals surface area contributed by atoms with Gasteiger partial charge in [-0.05, 0) is 45.2 Å². The second-order valence-electron chi connectivity index (χ2n) is 6.74. The van der Waals surface area contributed by atoms with Crippen LogP contribution in [-0.4, -0.2) is 0 Å². The Morgan fingerprint density at radius 1 is 1.04 bits per heavy atom. The normalized spacial score (nSPS) is 17.8. The zero-order valence-corrected chi connectivity index (χ0v) is 14.3. The molecule has 0 bridgehead atoms. The molecule has 3 rings (SSSR count). The number of hydrogen-bond acceptors (Lipinski definition) is 0. The Hall–Kier alpha value is -2.34. The van der Waals surface area contributed by atoms with E-state index in [4.69, 9.17) is 0 Å². The third kappa shape index (κ3) is 2.49. The van der Waals surface area contributed by atoms with Crippen LogP contribution in [0.2, 0.25) is 0 Å². The Balaban J connectivity index is 2.38. The number of fused-ring (bicyclic) bond motifs is 1. The first-order valence-electron chi connectivity index (χ1n) is 8.19. The van der Waals surface area contributed by atoms with Crippen LogP contribution in [0.5, 0.6) is 0 Å². The van der Waals surface area contributed by atoms with E-state index in [0.717, 1.165) is 5.22 Å². The van der Waals surface area contributed by atoms with E-state index in [2.05, 4.69) is 88.6 Å². The van der Waals surface area contributed by atoms with Crippen LogP contribution in [-0.2, 0) is 0 Å². The first-order chi connectivity index (χ1) is 11.0. The lowest BCUT2D eigenvalue weighted by Crippen LogP contribution is -2.21. The fourth-order valence-corrected chi connectivity index (χ4v) is 3.63. The molecule has 0 saturated heterocycles. The zero-order valence-electron chi connectivity index (χ0n) is 14.3. The van der Waals surface area contributed by atoms with E-state index in [-0.39, 0.29) is 5.41 Å². The lowest BCUT2D eigenvalue weighted by molar-refractivity contribution is 0.461. The first-order valence-corrected chi connectivity index (χ1v) is 8.19. The molecule has 0 amide bonds. The minimum Gasteiger partial charge on any atom is -0.0990 e. The van der Waals surface area contributed by atoms with Crippen LogP contribution >= 0.6 is 0 Å². The van der Waals surface area contributed by atoms with Crippen LogP contribution in [0.4, 0.5) is 0 Å². The topological polar surface area (TPSA) is 0 Å². The average molecular weight is 300 g/mol. The van der Waals surface area contributed by atoms with Crippen molar-refractivity contribution >= 4 is 23.4 Å². The summed E-state index contributed by atoms with van der Waals surface area (Å²) >= 11 is 0. The maximum absolute atomic E-state index is 4.31. The van der Waals surface area contributed by atoms with Crippen LogP contribution in [0.25, 0.3) is 23.4 Å². The number of hydrogen-bond donors (Lipinski definition) is 0. The Morgan fingerprint density at radius 3 is 2.39 bits per heavy atom. The van der Waals surface area contributed by atoms with Gasteiger partial charge in [0.15, 0.2) is 0 Å². The van der Waals surface area contributed by atoms with E-state index in [1.807, 2.05) is 6.08 Å². The van der Waals surface area contributed by atoms with Crippen molar-refractivity contribution in [2.45, 2.75) is 26.7 Å². The van der Waals surface area contributed by atoms with Crippen LogP contribution < -0.4 is 10.4 Å². The van der Waals surface area contributed by atoms with Gasteiger partial charge in [0, 0.05) is 5.41 Å². The molecular formula is C23H24. The number of rotatable bonds is 3. The monoisotopic (exact) mass is 300 g/mol. The van der Waals surface area contributed by atoms with Crippen LogP contribution in [0.3, 0.4) is 0 Å². The first kappa shape index (κ1) is 15.6. The predicted octanol–water partition coefficient (Wildman–Crippen LogP) is 4.76. The summed E-state index contributed by atoms with van der Waals surface area (Å²) in [7, 11) is 0. The number of benzene rings is 2. The van der Waals surface area contributed by atoms with Gasteiger partial charge in [-0.1, -0.05) is 87.7 Å². The van der Waals surface area contributed by atoms with Crippen LogP contribution in [0, 0.1) is 12.3 Å². The number of aryl methyl sites for hydroxylation is 1. The summed E-state index contributed by atoms with van der Waals surface area (Å²) in [6.45, 7) is 14.9. The van der Waals surface area contributed by atoms with Crippen molar-refractivity contribution in [2.75, 3.05) is 0 Å². The van der Waals surface area contributed by atoms with E-state index in [9.17, 15) is 0 Å². The Kier molecular flexibility index (Phi) is 3.85. The molecule has 1 aliphatic rings. The lowest BCUT2D eigenvalue weighted by Gasteiger charge is -2.30. The van der Waals surface area contributed by atoms with Gasteiger partial charge < -0.3 is 0 Å². The van der Waals surface area contributed by atoms with Crippen LogP contribution in [0.1, 0.15) is 30.9 Å². The maximum Gasteiger partial charge on any atom is 0.0105 e. The molecule has 2 aromatic carbocycles. The fraction of sp³-hybridized carbons (Fsp3) is 0.217. The molecule has 23 heavy (non-hydrogen) atoms. The third-order valence-corrected chi connectivity index (χ3v) is 5.24. The minimum atomic E-state index is 0.0623. The molecule has 0 fully saturated rings. The van der Waals surface area contributed by atoms with Crippen molar-refractivity contribution in [3.63, 3.8) is 0 Å². The highest BCUT2D eigenvalue weighted by molar-refractivity contribution is 5.91. The van der Waals surface area contributed by atoms with E-state index >= 15 is 0 Å². The Labute approximate surface area is 138 Å². The fourth-order valence-electron chi connectivity index (χ4n) is 3.63. The summed E-state index contributed by atoms with van der Waals surface area (Å²) in [4.78, 5) is 0. The molecule has 2 aromatic rings. The molecule has 0 saturated carbocycles. The second-order valence-corrected chi connectivity index (χ2v) is 6.74. The molecule has 0 nitrogen and oxygen atoms in total. The van der Waals surface area contributed by atoms with Gasteiger partial charge in [-0.2, -0.15) is 0 Å². The molecule has 116 valence electrons. The van der Waals surface area contributed by atoms with E-state index in [1.54, 1.807) is 0 Å². The largest absolute Gasteiger partial charge is 0.0990 e. The van der Waals surface area contributed by atoms with Gasteiger partial charge in [0.05, 0.1) is 0 Å². The van der Waals surface area contributed by atoms with Gasteiger partial charge in [0.25, 0.3) is 0 Å². The average Bonchev–Trinajstić information content (AvgIpc) is 2.98. The van der Waals surface area contributed by atoms with Gasteiger partial charge >= 0.3 is 0 Å². The summed E-state index contributed by atoms with van der Waals surface area (Å²) in [5, 5.41) is 4.91. The van der Waals surface area contributed by atoms with Crippen molar-refractivity contribution in [1.82, 2.24) is 0 Å². The summed E-state index contributed by atoms with van der Waals surface area (Å²) in [6, 6.07) is 8.78. The summed E-state index contributed by atoms with van der Waals surface area (Å²) in [5.41, 5.74) is 2.72. The number of allylic oxidation sites excluding steroid dienone is 5. The van der Waals surface area contributed by atoms with Gasteiger partial charge in [0.1, 0.15) is 0 Å². The highest BCUT2D eigenvalue weighted by Gasteiger charge is 2.29. The molecule has 0 heteroatoms. The molecule has 0 radical (unpaired) electrons. The summed E-state index contributed by atoms with van der Waals surface area (Å²) in [5.74, 6) is 0.389. The molecular weight excluding hydrogens is 276 g/mol. The van der Waals surface area contributed by atoms with Crippen molar-refractivity contribution < 1.29 is 0 Å². The third-order valence-electron chi connectivity index (χ3n) is 5.24. The van der Waals surface area contributed by atoms with Crippen LogP contribution in [0.15, 0.2) is 61.2 Å². The Bertz CT molecular complexity index is 926. The van der Waals surface area contributed by atoms with Crippen molar-refractivity contribution in [3.8, 4) is 0 Å². The highest BCUT2D eigenvalue weighted by Crippen LogP contribution is 2.42. The maximum atomic E-state index is 4.31. The summed E-state index contributed by atoms with van der Waals surface area (Å²) < 4.78 is 0. The Morgan fingerprint density at radius 2 is 1.74 bits per heavy atom. The van der Waals surface area contributed by atoms with Gasteiger partial charge in [-0.15, -0.1) is 0 Å². The van der Waals surface area contributed by atoms with Crippen molar-refractivity contribution in [1.29, 1.82) is 0 Å². The van der Waals surface area contributed by atoms with E-state index < -0.39 is 0 Å². The molecule has 0 N–H and O–H groups in total. The molecule has 1 aliphatic carbocycles. The quantitative estimate of drug-likeness (QED) is 0.766. The lowest BCUT2D eigenvalue weighted by atomic mass is 9.74. The smallest absolute Gasteiger partial charge is 0.0105 e. The molecule has 0 spiro atoms. The van der Waals surface area contributed by atoms with E-state index in [1.165, 1.54) is 27.1 Å². The standard InChI is InChI=1S/C23H24/c1-6-9-19-12-10-17(3)22-20(13-11-16(2)21(19)22)18(4)23(5)14-7-8-15-23/h6-15,18H,1,3H2,2,4-5H3/b19-9-. The van der Waals surface area contributed by atoms with Gasteiger partial charge in [-0.3, -0.25) is 0 Å².